The van der Waals surface area contributed by atoms with Gasteiger partial charge in [0.25, 0.3) is 0 Å². The summed E-state index contributed by atoms with van der Waals surface area (Å²) < 4.78 is 0. The lowest BCUT2D eigenvalue weighted by atomic mass is 10.1. The zero-order valence-electron chi connectivity index (χ0n) is 12.6. The Kier molecular flexibility index (Phi) is 9.29. The van der Waals surface area contributed by atoms with Gasteiger partial charge in [-0.15, -0.1) is 0 Å². The minimum atomic E-state index is 0.0227. The minimum Gasteiger partial charge on any atom is -0.352 e. The highest BCUT2D eigenvalue weighted by atomic mass is 16.1. The van der Waals surface area contributed by atoms with Gasteiger partial charge in [-0.25, -0.2) is 0 Å². The average Bonchev–Trinajstić information content (AvgIpc) is 2.47. The Morgan fingerprint density at radius 2 is 1.85 bits per heavy atom. The lowest BCUT2D eigenvalue weighted by Crippen LogP contribution is -2.23. The summed E-state index contributed by atoms with van der Waals surface area (Å²) >= 11 is 0. The molecule has 1 amide bonds. The number of carbonyl (C=O) groups is 1. The molecule has 0 bridgehead atoms. The number of rotatable bonds is 10. The van der Waals surface area contributed by atoms with Crippen LogP contribution >= 0.6 is 0 Å². The molecular formula is C18H27NO. The van der Waals surface area contributed by atoms with Crippen molar-refractivity contribution in [1.82, 2.24) is 5.32 Å². The molecule has 20 heavy (non-hydrogen) atoms. The molecule has 2 heteroatoms. The second-order valence-corrected chi connectivity index (χ2v) is 5.13. The molecule has 0 spiro atoms. The summed E-state index contributed by atoms with van der Waals surface area (Å²) in [5, 5.41) is 2.92. The molecule has 0 fully saturated rings. The van der Waals surface area contributed by atoms with Gasteiger partial charge in [-0.3, -0.25) is 4.79 Å². The van der Waals surface area contributed by atoms with Gasteiger partial charge in [0.15, 0.2) is 0 Å². The van der Waals surface area contributed by atoms with Crippen LogP contribution in [0, 0.1) is 0 Å². The zero-order chi connectivity index (χ0) is 14.5. The molecule has 0 aliphatic carbocycles. The summed E-state index contributed by atoms with van der Waals surface area (Å²) in [7, 11) is 0. The van der Waals surface area contributed by atoms with Gasteiger partial charge in [0.1, 0.15) is 0 Å². The van der Waals surface area contributed by atoms with E-state index in [1.165, 1.54) is 37.7 Å². The Hall–Kier alpha value is -1.57. The molecule has 0 aliphatic heterocycles. The van der Waals surface area contributed by atoms with Crippen LogP contribution in [0.3, 0.4) is 0 Å². The van der Waals surface area contributed by atoms with Crippen molar-refractivity contribution in [3.05, 3.63) is 48.0 Å². The third-order valence-electron chi connectivity index (χ3n) is 3.30. The third-order valence-corrected chi connectivity index (χ3v) is 3.30. The van der Waals surface area contributed by atoms with E-state index in [1.54, 1.807) is 6.08 Å². The first kappa shape index (κ1) is 16.5. The maximum Gasteiger partial charge on any atom is 0.243 e. The molecular weight excluding hydrogens is 246 g/mol. The van der Waals surface area contributed by atoms with Gasteiger partial charge < -0.3 is 5.32 Å². The molecule has 0 aliphatic rings. The van der Waals surface area contributed by atoms with E-state index in [-0.39, 0.29) is 5.91 Å². The lowest BCUT2D eigenvalue weighted by molar-refractivity contribution is -0.116. The number of nitrogens with one attached hydrogen (secondary N) is 1. The molecule has 2 nitrogen and oxygen atoms in total. The van der Waals surface area contributed by atoms with Gasteiger partial charge in [-0.05, 0) is 30.9 Å². The second-order valence-electron chi connectivity index (χ2n) is 5.13. The van der Waals surface area contributed by atoms with E-state index in [2.05, 4.69) is 24.4 Å². The molecule has 1 rings (SSSR count). The van der Waals surface area contributed by atoms with Crippen LogP contribution in [0.25, 0.3) is 0 Å². The molecule has 1 N–H and O–H groups in total. The Bertz CT molecular complexity index is 384. The van der Waals surface area contributed by atoms with Crippen molar-refractivity contribution in [3.8, 4) is 0 Å². The standard InChI is InChI=1S/C18H27NO/c1-2-3-4-5-6-7-11-14-18(20)19-16-15-17-12-9-8-10-13-17/h8-14H,2-7,15-16H2,1H3,(H,19,20). The fourth-order valence-electron chi connectivity index (χ4n) is 2.09. The number of hydrogen-bond acceptors (Lipinski definition) is 1. The molecule has 1 aromatic rings. The lowest BCUT2D eigenvalue weighted by Gasteiger charge is -2.02. The molecule has 0 saturated heterocycles. The molecule has 0 atom stereocenters. The topological polar surface area (TPSA) is 29.1 Å². The van der Waals surface area contributed by atoms with Crippen molar-refractivity contribution in [2.75, 3.05) is 6.54 Å². The van der Waals surface area contributed by atoms with E-state index in [4.69, 9.17) is 0 Å². The van der Waals surface area contributed by atoms with Gasteiger partial charge >= 0.3 is 0 Å². The smallest absolute Gasteiger partial charge is 0.243 e. The van der Waals surface area contributed by atoms with Crippen LogP contribution in [0.15, 0.2) is 42.5 Å². The number of carbonyl (C=O) groups excluding carboxylic acids is 1. The highest BCUT2D eigenvalue weighted by Crippen LogP contribution is 2.05. The first-order chi connectivity index (χ1) is 9.83. The van der Waals surface area contributed by atoms with Gasteiger partial charge in [-0.2, -0.15) is 0 Å². The number of allylic oxidation sites excluding steroid dienone is 1. The predicted molar refractivity (Wildman–Crippen MR) is 85.7 cm³/mol. The van der Waals surface area contributed by atoms with Crippen LogP contribution in [0.2, 0.25) is 0 Å². The van der Waals surface area contributed by atoms with Gasteiger partial charge in [0.05, 0.1) is 0 Å². The molecule has 0 unspecified atom stereocenters. The normalized spacial score (nSPS) is 10.8. The first-order valence-corrected chi connectivity index (χ1v) is 7.81. The molecule has 110 valence electrons. The molecule has 0 saturated carbocycles. The van der Waals surface area contributed by atoms with Crippen LogP contribution in [0.1, 0.15) is 51.0 Å². The van der Waals surface area contributed by atoms with Crippen LogP contribution in [-0.2, 0) is 11.2 Å². The van der Waals surface area contributed by atoms with Crippen molar-refractivity contribution < 1.29 is 4.79 Å². The molecule has 0 aromatic heterocycles. The fourth-order valence-corrected chi connectivity index (χ4v) is 2.09. The van der Waals surface area contributed by atoms with E-state index < -0.39 is 0 Å². The van der Waals surface area contributed by atoms with E-state index in [1.807, 2.05) is 24.3 Å². The van der Waals surface area contributed by atoms with Crippen molar-refractivity contribution in [2.24, 2.45) is 0 Å². The summed E-state index contributed by atoms with van der Waals surface area (Å²) in [5.41, 5.74) is 1.26. The largest absolute Gasteiger partial charge is 0.352 e. The average molecular weight is 273 g/mol. The van der Waals surface area contributed by atoms with E-state index in [0.717, 1.165) is 12.8 Å². The van der Waals surface area contributed by atoms with Crippen molar-refractivity contribution >= 4 is 5.91 Å². The van der Waals surface area contributed by atoms with Crippen LogP contribution < -0.4 is 5.32 Å². The highest BCUT2D eigenvalue weighted by molar-refractivity contribution is 5.87. The molecule has 0 heterocycles. The summed E-state index contributed by atoms with van der Waals surface area (Å²) in [6.45, 7) is 2.92. The van der Waals surface area contributed by atoms with Gasteiger partial charge in [-0.1, -0.05) is 69.0 Å². The Morgan fingerprint density at radius 1 is 1.10 bits per heavy atom. The Morgan fingerprint density at radius 3 is 2.60 bits per heavy atom. The summed E-state index contributed by atoms with van der Waals surface area (Å²) in [5.74, 6) is 0.0227. The van der Waals surface area contributed by atoms with E-state index in [9.17, 15) is 4.79 Å². The number of benzene rings is 1. The maximum atomic E-state index is 11.6. The first-order valence-electron chi connectivity index (χ1n) is 7.81. The number of amides is 1. The number of hydrogen-bond donors (Lipinski definition) is 1. The Balaban J connectivity index is 2.02. The van der Waals surface area contributed by atoms with Gasteiger partial charge in [0, 0.05) is 6.54 Å². The highest BCUT2D eigenvalue weighted by Gasteiger charge is 1.95. The molecule has 0 radical (unpaired) electrons. The quantitative estimate of drug-likeness (QED) is 0.501. The van der Waals surface area contributed by atoms with Crippen molar-refractivity contribution in [3.63, 3.8) is 0 Å². The molecule has 1 aromatic carbocycles. The zero-order valence-corrected chi connectivity index (χ0v) is 12.6. The van der Waals surface area contributed by atoms with Crippen molar-refractivity contribution in [1.29, 1.82) is 0 Å². The van der Waals surface area contributed by atoms with Crippen LogP contribution in [0.5, 0.6) is 0 Å². The fraction of sp³-hybridized carbons (Fsp3) is 0.500. The van der Waals surface area contributed by atoms with E-state index >= 15 is 0 Å². The SMILES string of the molecule is CCCCCCCC=CC(=O)NCCc1ccccc1. The predicted octanol–water partition coefficient (Wildman–Crippen LogP) is 4.26. The van der Waals surface area contributed by atoms with E-state index in [0.29, 0.717) is 6.54 Å². The van der Waals surface area contributed by atoms with Crippen LogP contribution in [0.4, 0.5) is 0 Å². The summed E-state index contributed by atoms with van der Waals surface area (Å²) in [6.07, 6.45) is 11.9. The summed E-state index contributed by atoms with van der Waals surface area (Å²) in [4.78, 5) is 11.6. The van der Waals surface area contributed by atoms with Crippen molar-refractivity contribution in [2.45, 2.75) is 51.9 Å². The Labute approximate surface area is 123 Å². The number of unbranched alkanes of at least 4 members (excludes halogenated alkanes) is 5. The minimum absolute atomic E-state index is 0.0227. The van der Waals surface area contributed by atoms with Gasteiger partial charge in [0.2, 0.25) is 5.91 Å². The monoisotopic (exact) mass is 273 g/mol. The summed E-state index contributed by atoms with van der Waals surface area (Å²) in [6, 6.07) is 10.2. The second kappa shape index (κ2) is 11.3. The van der Waals surface area contributed by atoms with Crippen LogP contribution in [-0.4, -0.2) is 12.5 Å². The third kappa shape index (κ3) is 8.52. The maximum absolute atomic E-state index is 11.6.